The Kier molecular flexibility index (Phi) is 6.44. The number of aromatic nitrogens is 4. The van der Waals surface area contributed by atoms with Gasteiger partial charge in [-0.25, -0.2) is 4.79 Å². The maximum Gasteiger partial charge on any atom is 0.332 e. The van der Waals surface area contributed by atoms with Crippen LogP contribution in [0.5, 0.6) is 0 Å². The number of rotatable bonds is 5. The number of fused-ring (bicyclic) bond motifs is 1. The minimum Gasteiger partial charge on any atom is -0.340 e. The Morgan fingerprint density at radius 2 is 1.54 bits per heavy atom. The summed E-state index contributed by atoms with van der Waals surface area (Å²) in [4.78, 5) is 35.1. The molecule has 1 aliphatic rings. The van der Waals surface area contributed by atoms with Crippen molar-refractivity contribution < 1.29 is 0 Å². The van der Waals surface area contributed by atoms with Gasteiger partial charge in [-0.2, -0.15) is 4.98 Å². The number of piperazine rings is 1. The molecule has 0 saturated carbocycles. The maximum absolute atomic E-state index is 13.2. The first-order valence-electron chi connectivity index (χ1n) is 11.4. The minimum atomic E-state index is -0.394. The highest BCUT2D eigenvalue weighted by Gasteiger charge is 2.26. The topological polar surface area (TPSA) is 68.3 Å². The summed E-state index contributed by atoms with van der Waals surface area (Å²) in [5.41, 5.74) is 2.15. The van der Waals surface area contributed by atoms with Crippen LogP contribution >= 0.6 is 23.2 Å². The van der Waals surface area contributed by atoms with Crippen molar-refractivity contribution in [3.8, 4) is 0 Å². The van der Waals surface area contributed by atoms with Crippen LogP contribution in [0.25, 0.3) is 11.2 Å². The number of imidazole rings is 1. The first-order chi connectivity index (χ1) is 16.8. The third-order valence-corrected chi connectivity index (χ3v) is 7.21. The van der Waals surface area contributed by atoms with Crippen LogP contribution in [0.15, 0.2) is 58.1 Å². The molecule has 182 valence electrons. The summed E-state index contributed by atoms with van der Waals surface area (Å²) in [7, 11) is 3.14. The van der Waals surface area contributed by atoms with Crippen molar-refractivity contribution in [3.05, 3.63) is 90.5 Å². The van der Waals surface area contributed by atoms with Gasteiger partial charge in [0.15, 0.2) is 11.2 Å². The average Bonchev–Trinajstić information content (AvgIpc) is 3.24. The molecule has 1 saturated heterocycles. The van der Waals surface area contributed by atoms with Gasteiger partial charge in [0.05, 0.1) is 6.54 Å². The summed E-state index contributed by atoms with van der Waals surface area (Å²) < 4.78 is 4.49. The van der Waals surface area contributed by atoms with Crippen molar-refractivity contribution in [2.45, 2.75) is 13.1 Å². The van der Waals surface area contributed by atoms with Gasteiger partial charge in [-0.1, -0.05) is 53.5 Å². The fourth-order valence-corrected chi connectivity index (χ4v) is 4.89. The van der Waals surface area contributed by atoms with E-state index in [1.807, 2.05) is 47.0 Å². The van der Waals surface area contributed by atoms with E-state index in [1.165, 1.54) is 11.6 Å². The Hall–Kier alpha value is -3.07. The fourth-order valence-electron chi connectivity index (χ4n) is 4.57. The van der Waals surface area contributed by atoms with Crippen LogP contribution in [-0.2, 0) is 27.2 Å². The van der Waals surface area contributed by atoms with Gasteiger partial charge in [0.1, 0.15) is 0 Å². The standard InChI is InChI=1S/C25H26Cl2N6O2/c1-29-22-21(23(34)30(2)25(29)35)33(15-17-7-9-19(26)10-8-17)24(28-22)32-13-11-31(12-14-32)16-18-5-3-4-6-20(18)27/h3-10H,11-16H2,1-2H3. The second-order valence-electron chi connectivity index (χ2n) is 8.86. The average molecular weight is 513 g/mol. The molecule has 0 N–H and O–H groups in total. The largest absolute Gasteiger partial charge is 0.340 e. The van der Waals surface area contributed by atoms with Gasteiger partial charge < -0.3 is 4.90 Å². The minimum absolute atomic E-state index is 0.354. The van der Waals surface area contributed by atoms with E-state index < -0.39 is 5.69 Å². The maximum atomic E-state index is 13.2. The fraction of sp³-hybridized carbons (Fsp3) is 0.320. The summed E-state index contributed by atoms with van der Waals surface area (Å²) >= 11 is 12.4. The number of hydrogen-bond donors (Lipinski definition) is 0. The number of hydrogen-bond acceptors (Lipinski definition) is 5. The van der Waals surface area contributed by atoms with Gasteiger partial charge in [-0.3, -0.25) is 23.4 Å². The molecule has 0 radical (unpaired) electrons. The van der Waals surface area contributed by atoms with Crippen LogP contribution in [0.1, 0.15) is 11.1 Å². The molecule has 2 aromatic carbocycles. The quantitative estimate of drug-likeness (QED) is 0.411. The van der Waals surface area contributed by atoms with Crippen LogP contribution in [0.4, 0.5) is 5.95 Å². The predicted octanol–water partition coefficient (Wildman–Crippen LogP) is 3.11. The lowest BCUT2D eigenvalue weighted by Gasteiger charge is -2.35. The van der Waals surface area contributed by atoms with Crippen molar-refractivity contribution >= 4 is 40.3 Å². The molecule has 8 nitrogen and oxygen atoms in total. The predicted molar refractivity (Wildman–Crippen MR) is 140 cm³/mol. The lowest BCUT2D eigenvalue weighted by Crippen LogP contribution is -2.47. The summed E-state index contributed by atoms with van der Waals surface area (Å²) in [5, 5.41) is 1.42. The first kappa shape index (κ1) is 23.7. The van der Waals surface area contributed by atoms with Crippen LogP contribution in [0, 0.1) is 0 Å². The summed E-state index contributed by atoms with van der Waals surface area (Å²) in [6.45, 7) is 4.35. The number of nitrogens with zero attached hydrogens (tertiary/aromatic N) is 6. The van der Waals surface area contributed by atoms with Gasteiger partial charge in [-0.05, 0) is 29.3 Å². The van der Waals surface area contributed by atoms with E-state index in [0.717, 1.165) is 53.4 Å². The zero-order chi connectivity index (χ0) is 24.7. The van der Waals surface area contributed by atoms with E-state index in [9.17, 15) is 9.59 Å². The molecule has 0 spiro atoms. The lowest BCUT2D eigenvalue weighted by atomic mass is 10.2. The van der Waals surface area contributed by atoms with Gasteiger partial charge in [-0.15, -0.1) is 0 Å². The smallest absolute Gasteiger partial charge is 0.332 e. The molecule has 3 heterocycles. The highest BCUT2D eigenvalue weighted by molar-refractivity contribution is 6.31. The van der Waals surface area contributed by atoms with E-state index in [2.05, 4.69) is 15.9 Å². The zero-order valence-electron chi connectivity index (χ0n) is 19.6. The highest BCUT2D eigenvalue weighted by Crippen LogP contribution is 2.24. The van der Waals surface area contributed by atoms with Gasteiger partial charge in [0, 0.05) is 56.9 Å². The van der Waals surface area contributed by atoms with Gasteiger partial charge in [0.25, 0.3) is 5.56 Å². The molecule has 35 heavy (non-hydrogen) atoms. The molecule has 0 bridgehead atoms. The van der Waals surface area contributed by atoms with Crippen molar-refractivity contribution in [2.75, 3.05) is 31.1 Å². The molecule has 10 heteroatoms. The van der Waals surface area contributed by atoms with Crippen LogP contribution in [0.2, 0.25) is 10.0 Å². The second kappa shape index (κ2) is 9.53. The third-order valence-electron chi connectivity index (χ3n) is 6.59. The molecule has 2 aromatic heterocycles. The molecule has 0 amide bonds. The van der Waals surface area contributed by atoms with E-state index in [-0.39, 0.29) is 5.56 Å². The number of benzene rings is 2. The molecular formula is C25H26Cl2N6O2. The van der Waals surface area contributed by atoms with E-state index >= 15 is 0 Å². The molecule has 5 rings (SSSR count). The Bertz CT molecular complexity index is 1500. The Labute approximate surface area is 212 Å². The van der Waals surface area contributed by atoms with Crippen molar-refractivity contribution in [2.24, 2.45) is 14.1 Å². The van der Waals surface area contributed by atoms with Gasteiger partial charge in [0.2, 0.25) is 5.95 Å². The third kappa shape index (κ3) is 4.49. The van der Waals surface area contributed by atoms with Crippen molar-refractivity contribution in [1.82, 2.24) is 23.6 Å². The Morgan fingerprint density at radius 3 is 2.23 bits per heavy atom. The summed E-state index contributed by atoms with van der Waals surface area (Å²) in [6.07, 6.45) is 0. The van der Waals surface area contributed by atoms with E-state index in [1.54, 1.807) is 7.05 Å². The number of aryl methyl sites for hydroxylation is 1. The second-order valence-corrected chi connectivity index (χ2v) is 9.70. The zero-order valence-corrected chi connectivity index (χ0v) is 21.1. The first-order valence-corrected chi connectivity index (χ1v) is 12.2. The normalized spacial score (nSPS) is 14.7. The molecule has 4 aromatic rings. The Morgan fingerprint density at radius 1 is 0.857 bits per heavy atom. The molecule has 0 atom stereocenters. The monoisotopic (exact) mass is 512 g/mol. The van der Waals surface area contributed by atoms with Crippen LogP contribution in [-0.4, -0.2) is 49.8 Å². The van der Waals surface area contributed by atoms with E-state index in [4.69, 9.17) is 28.2 Å². The number of halogens is 2. The van der Waals surface area contributed by atoms with Gasteiger partial charge >= 0.3 is 5.69 Å². The van der Waals surface area contributed by atoms with Crippen molar-refractivity contribution in [3.63, 3.8) is 0 Å². The SMILES string of the molecule is Cn1c(=O)c2c(nc(N3CCN(Cc4ccccc4Cl)CC3)n2Cc2ccc(Cl)cc2)n(C)c1=O. The molecule has 1 fully saturated rings. The van der Waals surface area contributed by atoms with Crippen LogP contribution in [0.3, 0.4) is 0 Å². The van der Waals surface area contributed by atoms with Crippen LogP contribution < -0.4 is 16.1 Å². The summed E-state index contributed by atoms with van der Waals surface area (Å²) in [6, 6.07) is 15.4. The lowest BCUT2D eigenvalue weighted by molar-refractivity contribution is 0.248. The highest BCUT2D eigenvalue weighted by atomic mass is 35.5. The molecule has 0 unspecified atom stereocenters. The Balaban J connectivity index is 1.50. The van der Waals surface area contributed by atoms with Crippen molar-refractivity contribution in [1.29, 1.82) is 0 Å². The molecular weight excluding hydrogens is 487 g/mol. The molecule has 1 aliphatic heterocycles. The number of anilines is 1. The molecule has 0 aliphatic carbocycles. The van der Waals surface area contributed by atoms with E-state index in [0.29, 0.717) is 28.7 Å². The summed E-state index contributed by atoms with van der Waals surface area (Å²) in [5.74, 6) is 0.686.